The lowest BCUT2D eigenvalue weighted by atomic mass is 9.64. The molecule has 0 radical (unpaired) electrons. The van der Waals surface area contributed by atoms with Crippen molar-refractivity contribution < 1.29 is 9.59 Å². The largest absolute Gasteiger partial charge is 0.333 e. The molecule has 2 amide bonds. The number of aromatic nitrogens is 1. The minimum atomic E-state index is -0.193. The fraction of sp³-hybridized carbons (Fsp3) is 0.458. The molecule has 0 bridgehead atoms. The van der Waals surface area contributed by atoms with Gasteiger partial charge in [-0.15, -0.1) is 0 Å². The van der Waals surface area contributed by atoms with E-state index >= 15 is 0 Å². The second-order valence-electron chi connectivity index (χ2n) is 8.98. The van der Waals surface area contributed by atoms with Gasteiger partial charge in [0.05, 0.1) is 6.54 Å². The quantitative estimate of drug-likeness (QED) is 0.828. The molecule has 2 aromatic rings. The number of nitrogens with zero attached hydrogens (tertiary/aromatic N) is 3. The number of nitrogens with one attached hydrogen (secondary N) is 1. The fourth-order valence-corrected chi connectivity index (χ4v) is 5.19. The van der Waals surface area contributed by atoms with Gasteiger partial charge in [-0.3, -0.25) is 14.5 Å². The molecule has 1 aromatic carbocycles. The van der Waals surface area contributed by atoms with Crippen LogP contribution >= 0.6 is 0 Å². The van der Waals surface area contributed by atoms with Crippen molar-refractivity contribution in [2.45, 2.75) is 37.6 Å². The van der Waals surface area contributed by atoms with Crippen molar-refractivity contribution in [1.82, 2.24) is 14.8 Å². The minimum absolute atomic E-state index is 0.0132. The lowest BCUT2D eigenvalue weighted by Crippen LogP contribution is -2.47. The van der Waals surface area contributed by atoms with Crippen LogP contribution in [0.5, 0.6) is 0 Å². The van der Waals surface area contributed by atoms with Crippen LogP contribution in [-0.2, 0) is 15.1 Å². The third-order valence-corrected chi connectivity index (χ3v) is 6.98. The molecule has 1 saturated heterocycles. The number of amides is 2. The minimum Gasteiger partial charge on any atom is -0.333 e. The molecule has 2 heterocycles. The normalized spacial score (nSPS) is 26.4. The zero-order valence-corrected chi connectivity index (χ0v) is 17.8. The summed E-state index contributed by atoms with van der Waals surface area (Å²) in [7, 11) is 4.30. The molecule has 2 fully saturated rings. The molecule has 1 aromatic heterocycles. The van der Waals surface area contributed by atoms with Gasteiger partial charge in [0.2, 0.25) is 11.8 Å². The van der Waals surface area contributed by atoms with Gasteiger partial charge in [-0.2, -0.15) is 0 Å². The van der Waals surface area contributed by atoms with Crippen molar-refractivity contribution >= 4 is 17.6 Å². The van der Waals surface area contributed by atoms with Crippen LogP contribution in [0.2, 0.25) is 0 Å². The molecule has 1 saturated carbocycles. The third kappa shape index (κ3) is 3.97. The van der Waals surface area contributed by atoms with Gasteiger partial charge in [-0.1, -0.05) is 36.4 Å². The van der Waals surface area contributed by atoms with E-state index in [9.17, 15) is 9.59 Å². The molecule has 6 heteroatoms. The number of likely N-dealkylation sites (tertiary alicyclic amines) is 1. The summed E-state index contributed by atoms with van der Waals surface area (Å²) in [4.78, 5) is 33.3. The second kappa shape index (κ2) is 8.19. The molecule has 1 N–H and O–H groups in total. The van der Waals surface area contributed by atoms with Crippen LogP contribution in [0, 0.1) is 5.41 Å². The number of carbonyl (C=O) groups excluding carboxylic acids is 2. The zero-order chi connectivity index (χ0) is 21.2. The average molecular weight is 407 g/mol. The van der Waals surface area contributed by atoms with Crippen LogP contribution in [-0.4, -0.2) is 53.8 Å². The standard InChI is InChI=1S/C24H30N4O2/c1-27(2)24(19-8-4-3-5-9-19)13-11-23(12-14-24)16-22(30)28(18-23)17-21(29)26-20-10-6-7-15-25-20/h3-10,15H,11-14,16-18H2,1-2H3,(H,25,26,29)/t23-,24+. The smallest absolute Gasteiger partial charge is 0.245 e. The van der Waals surface area contributed by atoms with Crippen molar-refractivity contribution in [3.63, 3.8) is 0 Å². The van der Waals surface area contributed by atoms with Gasteiger partial charge in [0.15, 0.2) is 0 Å². The summed E-state index contributed by atoms with van der Waals surface area (Å²) < 4.78 is 0. The molecule has 30 heavy (non-hydrogen) atoms. The highest BCUT2D eigenvalue weighted by atomic mass is 16.2. The van der Waals surface area contributed by atoms with Crippen LogP contribution < -0.4 is 5.32 Å². The first-order valence-corrected chi connectivity index (χ1v) is 10.6. The number of carbonyl (C=O) groups is 2. The molecule has 0 atom stereocenters. The third-order valence-electron chi connectivity index (χ3n) is 6.98. The van der Waals surface area contributed by atoms with Gasteiger partial charge >= 0.3 is 0 Å². The lowest BCUT2D eigenvalue weighted by molar-refractivity contribution is -0.131. The highest BCUT2D eigenvalue weighted by Crippen LogP contribution is 2.52. The van der Waals surface area contributed by atoms with E-state index < -0.39 is 0 Å². The topological polar surface area (TPSA) is 65.5 Å². The molecule has 1 aliphatic heterocycles. The average Bonchev–Trinajstić information content (AvgIpc) is 3.04. The number of benzene rings is 1. The first kappa shape index (κ1) is 20.5. The molecule has 2 aliphatic rings. The summed E-state index contributed by atoms with van der Waals surface area (Å²) in [5.74, 6) is 0.408. The van der Waals surface area contributed by atoms with E-state index in [-0.39, 0.29) is 29.3 Å². The monoisotopic (exact) mass is 406 g/mol. The van der Waals surface area contributed by atoms with Gasteiger partial charge in [0, 0.05) is 24.7 Å². The van der Waals surface area contributed by atoms with E-state index in [1.807, 2.05) is 6.07 Å². The number of hydrogen-bond acceptors (Lipinski definition) is 4. The van der Waals surface area contributed by atoms with Crippen molar-refractivity contribution in [3.05, 3.63) is 60.3 Å². The summed E-state index contributed by atoms with van der Waals surface area (Å²) in [5, 5.41) is 2.78. The Morgan fingerprint density at radius 2 is 1.77 bits per heavy atom. The fourth-order valence-electron chi connectivity index (χ4n) is 5.19. The SMILES string of the molecule is CN(C)[C@]1(c2ccccc2)CC[C@]2(CC1)CC(=O)N(CC(=O)Nc1ccccn1)C2. The highest BCUT2D eigenvalue weighted by Gasteiger charge is 2.50. The van der Waals surface area contributed by atoms with E-state index in [4.69, 9.17) is 0 Å². The lowest BCUT2D eigenvalue weighted by Gasteiger charge is -2.48. The van der Waals surface area contributed by atoms with Crippen molar-refractivity contribution in [2.75, 3.05) is 32.5 Å². The molecule has 1 aliphatic carbocycles. The van der Waals surface area contributed by atoms with Crippen LogP contribution in [0.25, 0.3) is 0 Å². The van der Waals surface area contributed by atoms with E-state index in [0.29, 0.717) is 18.8 Å². The second-order valence-corrected chi connectivity index (χ2v) is 8.98. The first-order valence-electron chi connectivity index (χ1n) is 10.6. The molecular weight excluding hydrogens is 376 g/mol. The van der Waals surface area contributed by atoms with E-state index in [2.05, 4.69) is 59.6 Å². The first-order chi connectivity index (χ1) is 14.4. The maximum absolute atomic E-state index is 12.7. The Bertz CT molecular complexity index is 890. The Kier molecular flexibility index (Phi) is 5.60. The molecule has 1 spiro atoms. The Balaban J connectivity index is 1.41. The molecule has 4 rings (SSSR count). The highest BCUT2D eigenvalue weighted by molar-refractivity contribution is 5.94. The summed E-state index contributed by atoms with van der Waals surface area (Å²) in [5.41, 5.74) is 1.34. The van der Waals surface area contributed by atoms with Crippen molar-refractivity contribution in [3.8, 4) is 0 Å². The number of pyridine rings is 1. The molecular formula is C24H30N4O2. The van der Waals surface area contributed by atoms with Crippen molar-refractivity contribution in [2.24, 2.45) is 5.41 Å². The number of hydrogen-bond donors (Lipinski definition) is 1. The zero-order valence-electron chi connectivity index (χ0n) is 17.8. The van der Waals surface area contributed by atoms with E-state index in [0.717, 1.165) is 25.7 Å². The Morgan fingerprint density at radius 3 is 2.40 bits per heavy atom. The number of rotatable bonds is 5. The van der Waals surface area contributed by atoms with Crippen molar-refractivity contribution in [1.29, 1.82) is 0 Å². The van der Waals surface area contributed by atoms with Crippen LogP contribution in [0.3, 0.4) is 0 Å². The maximum Gasteiger partial charge on any atom is 0.245 e. The molecule has 158 valence electrons. The Morgan fingerprint density at radius 1 is 1.07 bits per heavy atom. The molecule has 0 unspecified atom stereocenters. The predicted molar refractivity (Wildman–Crippen MR) is 117 cm³/mol. The summed E-state index contributed by atoms with van der Waals surface area (Å²) in [6.07, 6.45) is 6.20. The van der Waals surface area contributed by atoms with Crippen LogP contribution in [0.15, 0.2) is 54.7 Å². The van der Waals surface area contributed by atoms with Gasteiger partial charge < -0.3 is 10.2 Å². The van der Waals surface area contributed by atoms with Crippen LogP contribution in [0.1, 0.15) is 37.7 Å². The number of anilines is 1. The van der Waals surface area contributed by atoms with Gasteiger partial charge in [0.25, 0.3) is 0 Å². The van der Waals surface area contributed by atoms with E-state index in [1.165, 1.54) is 5.56 Å². The molecule has 6 nitrogen and oxygen atoms in total. The Hall–Kier alpha value is -2.73. The van der Waals surface area contributed by atoms with Crippen LogP contribution in [0.4, 0.5) is 5.82 Å². The van der Waals surface area contributed by atoms with E-state index in [1.54, 1.807) is 23.2 Å². The Labute approximate surface area is 178 Å². The van der Waals surface area contributed by atoms with Gasteiger partial charge in [0.1, 0.15) is 5.82 Å². The summed E-state index contributed by atoms with van der Waals surface area (Å²) in [6, 6.07) is 16.1. The summed E-state index contributed by atoms with van der Waals surface area (Å²) >= 11 is 0. The predicted octanol–water partition coefficient (Wildman–Crippen LogP) is 3.27. The van der Waals surface area contributed by atoms with Gasteiger partial charge in [-0.05, 0) is 62.9 Å². The van der Waals surface area contributed by atoms with Gasteiger partial charge in [-0.25, -0.2) is 4.98 Å². The summed E-state index contributed by atoms with van der Waals surface area (Å²) in [6.45, 7) is 0.758. The maximum atomic E-state index is 12.7.